The molecule has 1 aliphatic rings. The molecule has 1 fully saturated rings. The minimum atomic E-state index is -0.299. The van der Waals surface area contributed by atoms with Crippen molar-refractivity contribution in [3.63, 3.8) is 0 Å². The van der Waals surface area contributed by atoms with E-state index < -0.39 is 0 Å². The van der Waals surface area contributed by atoms with Gasteiger partial charge in [0.2, 0.25) is 0 Å². The second kappa shape index (κ2) is 5.69. The number of H-pyrrole nitrogens is 1. The van der Waals surface area contributed by atoms with Gasteiger partial charge in [0.25, 0.3) is 11.1 Å². The number of hydrogen-bond acceptors (Lipinski definition) is 4. The number of aromatic amines is 1. The molecule has 1 N–H and O–H groups in total. The molecule has 2 aromatic carbocycles. The van der Waals surface area contributed by atoms with Crippen molar-refractivity contribution in [3.8, 4) is 11.3 Å². The fraction of sp³-hybridized carbons (Fsp3) is 0.250. The molecule has 0 saturated heterocycles. The van der Waals surface area contributed by atoms with Crippen molar-refractivity contribution < 1.29 is 4.52 Å². The summed E-state index contributed by atoms with van der Waals surface area (Å²) in [6.45, 7) is 0. The average Bonchev–Trinajstić information content (AvgIpc) is 3.29. The molecule has 0 atom stereocenters. The topological polar surface area (TPSA) is 80.9 Å². The van der Waals surface area contributed by atoms with Crippen LogP contribution in [0.1, 0.15) is 31.7 Å². The van der Waals surface area contributed by atoms with Crippen molar-refractivity contribution in [1.82, 2.24) is 14.7 Å². The summed E-state index contributed by atoms with van der Waals surface area (Å²) in [7, 11) is 0. The molecular formula is C20H17N3O3. The minimum Gasteiger partial charge on any atom is -0.375 e. The first-order chi connectivity index (χ1) is 12.7. The molecule has 0 bridgehead atoms. The standard InChI is InChI=1S/C20H17N3O3/c24-19-17(21-15-10-3-4-11-16(15)22-19)13-8-5-9-14-18(13)26-23(20(14)25)12-6-1-2-7-12/h3-5,8-12H,1-2,6-7H2,(H,22,24). The van der Waals surface area contributed by atoms with Crippen LogP contribution in [0.4, 0.5) is 0 Å². The molecule has 4 aromatic rings. The number of hydrogen-bond donors (Lipinski definition) is 1. The zero-order valence-corrected chi connectivity index (χ0v) is 14.1. The van der Waals surface area contributed by atoms with Crippen LogP contribution in [0.5, 0.6) is 0 Å². The van der Waals surface area contributed by atoms with Crippen molar-refractivity contribution in [1.29, 1.82) is 0 Å². The lowest BCUT2D eigenvalue weighted by atomic mass is 10.1. The van der Waals surface area contributed by atoms with Crippen LogP contribution in [0.3, 0.4) is 0 Å². The molecule has 0 spiro atoms. The Morgan fingerprint density at radius 1 is 1.04 bits per heavy atom. The highest BCUT2D eigenvalue weighted by Gasteiger charge is 2.24. The van der Waals surface area contributed by atoms with E-state index in [9.17, 15) is 9.59 Å². The van der Waals surface area contributed by atoms with Crippen molar-refractivity contribution in [2.24, 2.45) is 0 Å². The molecule has 130 valence electrons. The first kappa shape index (κ1) is 15.1. The van der Waals surface area contributed by atoms with Crippen LogP contribution in [0.2, 0.25) is 0 Å². The molecule has 6 heteroatoms. The highest BCUT2D eigenvalue weighted by Crippen LogP contribution is 2.31. The van der Waals surface area contributed by atoms with Crippen molar-refractivity contribution in [3.05, 3.63) is 63.2 Å². The Hall–Kier alpha value is -3.15. The normalized spacial score (nSPS) is 15.2. The van der Waals surface area contributed by atoms with E-state index in [1.165, 1.54) is 4.74 Å². The van der Waals surface area contributed by atoms with E-state index in [0.717, 1.165) is 25.7 Å². The summed E-state index contributed by atoms with van der Waals surface area (Å²) in [5.74, 6) is 0. The van der Waals surface area contributed by atoms with Crippen LogP contribution in [-0.4, -0.2) is 14.7 Å². The largest absolute Gasteiger partial charge is 0.375 e. The van der Waals surface area contributed by atoms with Crippen molar-refractivity contribution >= 4 is 22.0 Å². The Balaban J connectivity index is 1.77. The summed E-state index contributed by atoms with van der Waals surface area (Å²) in [6.07, 6.45) is 4.10. The molecule has 1 aliphatic carbocycles. The summed E-state index contributed by atoms with van der Waals surface area (Å²) < 4.78 is 7.43. The van der Waals surface area contributed by atoms with E-state index >= 15 is 0 Å². The fourth-order valence-corrected chi connectivity index (χ4v) is 3.84. The molecule has 0 aliphatic heterocycles. The zero-order chi connectivity index (χ0) is 17.7. The van der Waals surface area contributed by atoms with Gasteiger partial charge in [0.15, 0.2) is 5.58 Å². The first-order valence-corrected chi connectivity index (χ1v) is 8.86. The summed E-state index contributed by atoms with van der Waals surface area (Å²) in [6, 6.07) is 12.8. The lowest BCUT2D eigenvalue weighted by Gasteiger charge is -2.07. The minimum absolute atomic E-state index is 0.102. The molecule has 0 unspecified atom stereocenters. The van der Waals surface area contributed by atoms with Gasteiger partial charge in [-0.3, -0.25) is 9.59 Å². The molecule has 0 radical (unpaired) electrons. The maximum absolute atomic E-state index is 12.8. The molecule has 0 amide bonds. The molecule has 1 saturated carbocycles. The second-order valence-corrected chi connectivity index (χ2v) is 6.77. The van der Waals surface area contributed by atoms with E-state index in [0.29, 0.717) is 27.6 Å². The summed E-state index contributed by atoms with van der Waals surface area (Å²) in [5.41, 5.74) is 2.18. The lowest BCUT2D eigenvalue weighted by Crippen LogP contribution is -2.18. The zero-order valence-electron chi connectivity index (χ0n) is 14.1. The van der Waals surface area contributed by atoms with Crippen molar-refractivity contribution in [2.75, 3.05) is 0 Å². The van der Waals surface area contributed by atoms with E-state index in [4.69, 9.17) is 4.52 Å². The monoisotopic (exact) mass is 347 g/mol. The Morgan fingerprint density at radius 2 is 1.85 bits per heavy atom. The lowest BCUT2D eigenvalue weighted by molar-refractivity contribution is 0.230. The third-order valence-corrected chi connectivity index (χ3v) is 5.15. The smallest absolute Gasteiger partial charge is 0.290 e. The number of nitrogens with one attached hydrogen (secondary N) is 1. The molecule has 2 aromatic heterocycles. The van der Waals surface area contributed by atoms with Crippen LogP contribution in [0.25, 0.3) is 33.3 Å². The van der Waals surface area contributed by atoms with Crippen LogP contribution < -0.4 is 11.1 Å². The number of nitrogens with zero attached hydrogens (tertiary/aromatic N) is 2. The Morgan fingerprint density at radius 3 is 2.69 bits per heavy atom. The van der Waals surface area contributed by atoms with Gasteiger partial charge in [-0.05, 0) is 37.1 Å². The van der Waals surface area contributed by atoms with E-state index in [-0.39, 0.29) is 22.9 Å². The Kier molecular flexibility index (Phi) is 3.31. The number of fused-ring (bicyclic) bond motifs is 2. The van der Waals surface area contributed by atoms with Gasteiger partial charge in [-0.25, -0.2) is 4.98 Å². The SMILES string of the molecule is O=c1[nH]c2ccccc2nc1-c1cccc2c(=O)n(C3CCCC3)oc12. The van der Waals surface area contributed by atoms with Crippen LogP contribution in [0, 0.1) is 0 Å². The van der Waals surface area contributed by atoms with Gasteiger partial charge in [0.1, 0.15) is 5.69 Å². The molecule has 6 nitrogen and oxygen atoms in total. The Labute approximate surface area is 148 Å². The van der Waals surface area contributed by atoms with Crippen LogP contribution >= 0.6 is 0 Å². The molecule has 26 heavy (non-hydrogen) atoms. The maximum Gasteiger partial charge on any atom is 0.290 e. The van der Waals surface area contributed by atoms with Crippen LogP contribution in [-0.2, 0) is 0 Å². The van der Waals surface area contributed by atoms with Gasteiger partial charge >= 0.3 is 0 Å². The second-order valence-electron chi connectivity index (χ2n) is 6.77. The summed E-state index contributed by atoms with van der Waals surface area (Å²) in [5, 5.41) is 0.490. The van der Waals surface area contributed by atoms with E-state index in [1.54, 1.807) is 18.2 Å². The van der Waals surface area contributed by atoms with E-state index in [1.807, 2.05) is 24.3 Å². The van der Waals surface area contributed by atoms with Crippen molar-refractivity contribution in [2.45, 2.75) is 31.7 Å². The van der Waals surface area contributed by atoms with Gasteiger partial charge in [0, 0.05) is 0 Å². The number of rotatable bonds is 2. The summed E-state index contributed by atoms with van der Waals surface area (Å²) in [4.78, 5) is 32.7. The number of benzene rings is 2. The number of aromatic nitrogens is 3. The predicted octanol–water partition coefficient (Wildman–Crippen LogP) is 3.61. The van der Waals surface area contributed by atoms with Crippen LogP contribution in [0.15, 0.2) is 56.6 Å². The van der Waals surface area contributed by atoms with Gasteiger partial charge in [-0.2, -0.15) is 4.74 Å². The van der Waals surface area contributed by atoms with Gasteiger partial charge in [-0.15, -0.1) is 0 Å². The van der Waals surface area contributed by atoms with Gasteiger partial charge < -0.3 is 9.51 Å². The number of para-hydroxylation sites is 3. The Bertz CT molecular complexity index is 1240. The quantitative estimate of drug-likeness (QED) is 0.600. The van der Waals surface area contributed by atoms with Gasteiger partial charge in [0.05, 0.1) is 28.0 Å². The highest BCUT2D eigenvalue weighted by molar-refractivity contribution is 5.91. The first-order valence-electron chi connectivity index (χ1n) is 8.86. The fourth-order valence-electron chi connectivity index (χ4n) is 3.84. The predicted molar refractivity (Wildman–Crippen MR) is 99.3 cm³/mol. The van der Waals surface area contributed by atoms with E-state index in [2.05, 4.69) is 9.97 Å². The maximum atomic E-state index is 12.8. The molecule has 2 heterocycles. The molecule has 5 rings (SSSR count). The molecular weight excluding hydrogens is 330 g/mol. The third-order valence-electron chi connectivity index (χ3n) is 5.15. The average molecular weight is 347 g/mol. The highest BCUT2D eigenvalue weighted by atomic mass is 16.5. The van der Waals surface area contributed by atoms with Gasteiger partial charge in [-0.1, -0.05) is 31.0 Å². The third kappa shape index (κ3) is 2.22. The summed E-state index contributed by atoms with van der Waals surface area (Å²) >= 11 is 0.